The Hall–Kier alpha value is -1.69. The maximum absolute atomic E-state index is 8.74. The Kier molecular flexibility index (Phi) is 1.41. The van der Waals surface area contributed by atoms with Crippen LogP contribution in [0.15, 0.2) is 12.1 Å². The van der Waals surface area contributed by atoms with Crippen LogP contribution in [0, 0.1) is 18.3 Å². The minimum Gasteiger partial charge on any atom is -0.454 e. The first-order valence-corrected chi connectivity index (χ1v) is 3.61. The molecular weight excluding hydrogens is 154 g/mol. The first-order valence-electron chi connectivity index (χ1n) is 3.61. The van der Waals surface area contributed by atoms with Gasteiger partial charge in [-0.05, 0) is 24.6 Å². The number of nitrogens with zero attached hydrogens (tertiary/aromatic N) is 1. The second-order valence-electron chi connectivity index (χ2n) is 2.66. The molecule has 12 heavy (non-hydrogen) atoms. The summed E-state index contributed by atoms with van der Waals surface area (Å²) in [5, 5.41) is 8.74. The van der Waals surface area contributed by atoms with Gasteiger partial charge < -0.3 is 9.47 Å². The van der Waals surface area contributed by atoms with Crippen molar-refractivity contribution in [1.29, 1.82) is 5.26 Å². The summed E-state index contributed by atoms with van der Waals surface area (Å²) >= 11 is 0. The molecule has 1 aromatic carbocycles. The molecular formula is C9H7NO2. The summed E-state index contributed by atoms with van der Waals surface area (Å²) in [6.07, 6.45) is 0. The quantitative estimate of drug-likeness (QED) is 0.580. The van der Waals surface area contributed by atoms with E-state index in [-0.39, 0.29) is 6.79 Å². The largest absolute Gasteiger partial charge is 0.454 e. The van der Waals surface area contributed by atoms with Gasteiger partial charge in [-0.25, -0.2) is 0 Å². The third-order valence-corrected chi connectivity index (χ3v) is 1.74. The summed E-state index contributed by atoms with van der Waals surface area (Å²) in [4.78, 5) is 0. The highest BCUT2D eigenvalue weighted by molar-refractivity contribution is 5.55. The van der Waals surface area contributed by atoms with Gasteiger partial charge >= 0.3 is 0 Å². The molecule has 60 valence electrons. The van der Waals surface area contributed by atoms with Gasteiger partial charge in [-0.2, -0.15) is 5.26 Å². The molecule has 0 saturated heterocycles. The van der Waals surface area contributed by atoms with E-state index in [1.54, 1.807) is 6.07 Å². The summed E-state index contributed by atoms with van der Waals surface area (Å²) in [6.45, 7) is 2.14. The molecule has 1 aliphatic rings. The topological polar surface area (TPSA) is 42.2 Å². The first kappa shape index (κ1) is 6.99. The molecule has 0 N–H and O–H groups in total. The van der Waals surface area contributed by atoms with E-state index < -0.39 is 0 Å². The van der Waals surface area contributed by atoms with Crippen LogP contribution in [0.2, 0.25) is 0 Å². The van der Waals surface area contributed by atoms with Gasteiger partial charge in [0.15, 0.2) is 11.5 Å². The van der Waals surface area contributed by atoms with Crippen molar-refractivity contribution in [2.75, 3.05) is 6.79 Å². The van der Waals surface area contributed by atoms with Crippen molar-refractivity contribution in [2.24, 2.45) is 0 Å². The molecule has 1 heterocycles. The van der Waals surface area contributed by atoms with Crippen LogP contribution >= 0.6 is 0 Å². The van der Waals surface area contributed by atoms with E-state index in [2.05, 4.69) is 6.07 Å². The molecule has 0 amide bonds. The Morgan fingerprint density at radius 1 is 1.42 bits per heavy atom. The monoisotopic (exact) mass is 161 g/mol. The van der Waals surface area contributed by atoms with Crippen molar-refractivity contribution in [3.63, 3.8) is 0 Å². The van der Waals surface area contributed by atoms with Gasteiger partial charge in [0.05, 0.1) is 5.56 Å². The lowest BCUT2D eigenvalue weighted by atomic mass is 10.1. The Bertz CT molecular complexity index is 366. The second-order valence-corrected chi connectivity index (χ2v) is 2.66. The lowest BCUT2D eigenvalue weighted by Gasteiger charge is -1.98. The summed E-state index contributed by atoms with van der Waals surface area (Å²) in [5.41, 5.74) is 1.55. The Morgan fingerprint density at radius 2 is 2.25 bits per heavy atom. The second kappa shape index (κ2) is 2.42. The van der Waals surface area contributed by atoms with Gasteiger partial charge in [-0.1, -0.05) is 0 Å². The fraction of sp³-hybridized carbons (Fsp3) is 0.222. The van der Waals surface area contributed by atoms with Crippen LogP contribution in [0.3, 0.4) is 0 Å². The minimum absolute atomic E-state index is 0.216. The van der Waals surface area contributed by atoms with Gasteiger partial charge in [0.2, 0.25) is 6.79 Å². The van der Waals surface area contributed by atoms with Gasteiger partial charge in [-0.3, -0.25) is 0 Å². The highest BCUT2D eigenvalue weighted by Crippen LogP contribution is 2.35. The number of benzene rings is 1. The first-order chi connectivity index (χ1) is 5.81. The summed E-state index contributed by atoms with van der Waals surface area (Å²) < 4.78 is 10.3. The minimum atomic E-state index is 0.216. The van der Waals surface area contributed by atoms with Crippen molar-refractivity contribution < 1.29 is 9.47 Å². The predicted molar refractivity (Wildman–Crippen MR) is 42.0 cm³/mol. The van der Waals surface area contributed by atoms with Gasteiger partial charge in [0.1, 0.15) is 6.07 Å². The number of hydrogen-bond donors (Lipinski definition) is 0. The third-order valence-electron chi connectivity index (χ3n) is 1.74. The molecule has 1 aliphatic heterocycles. The Balaban J connectivity index is 2.64. The van der Waals surface area contributed by atoms with Crippen LogP contribution in [-0.4, -0.2) is 6.79 Å². The molecule has 3 heteroatoms. The molecule has 3 nitrogen and oxygen atoms in total. The molecule has 0 unspecified atom stereocenters. The van der Waals surface area contributed by atoms with E-state index in [9.17, 15) is 0 Å². The lowest BCUT2D eigenvalue weighted by Crippen LogP contribution is -1.93. The van der Waals surface area contributed by atoms with Gasteiger partial charge in [0.25, 0.3) is 0 Å². The molecule has 0 spiro atoms. The standard InChI is InChI=1S/C9H7NO2/c1-6-2-7(4-10)9-8(3-6)11-5-12-9/h2-3H,5H2,1H3. The molecule has 0 bridgehead atoms. The summed E-state index contributed by atoms with van der Waals surface area (Å²) in [5.74, 6) is 1.25. The molecule has 0 aromatic heterocycles. The van der Waals surface area contributed by atoms with E-state index in [4.69, 9.17) is 14.7 Å². The van der Waals surface area contributed by atoms with E-state index >= 15 is 0 Å². The highest BCUT2D eigenvalue weighted by Gasteiger charge is 2.17. The molecule has 0 saturated carbocycles. The van der Waals surface area contributed by atoms with E-state index in [1.807, 2.05) is 13.0 Å². The maximum Gasteiger partial charge on any atom is 0.231 e. The van der Waals surface area contributed by atoms with Crippen LogP contribution in [0.5, 0.6) is 11.5 Å². The normalized spacial score (nSPS) is 12.7. The third kappa shape index (κ3) is 0.892. The van der Waals surface area contributed by atoms with Crippen molar-refractivity contribution in [3.8, 4) is 17.6 Å². The van der Waals surface area contributed by atoms with Crippen LogP contribution in [-0.2, 0) is 0 Å². The van der Waals surface area contributed by atoms with Crippen LogP contribution in [0.1, 0.15) is 11.1 Å². The number of fused-ring (bicyclic) bond motifs is 1. The van der Waals surface area contributed by atoms with Crippen LogP contribution in [0.25, 0.3) is 0 Å². The fourth-order valence-corrected chi connectivity index (χ4v) is 1.23. The number of ether oxygens (including phenoxy) is 2. The zero-order chi connectivity index (χ0) is 8.55. The lowest BCUT2D eigenvalue weighted by molar-refractivity contribution is 0.173. The summed E-state index contributed by atoms with van der Waals surface area (Å²) in [6, 6.07) is 5.71. The molecule has 2 rings (SSSR count). The Labute approximate surface area is 70.1 Å². The molecule has 0 atom stereocenters. The molecule has 1 aromatic rings. The zero-order valence-corrected chi connectivity index (χ0v) is 6.63. The smallest absolute Gasteiger partial charge is 0.231 e. The fourth-order valence-electron chi connectivity index (χ4n) is 1.23. The van der Waals surface area contributed by atoms with Crippen molar-refractivity contribution in [1.82, 2.24) is 0 Å². The zero-order valence-electron chi connectivity index (χ0n) is 6.63. The van der Waals surface area contributed by atoms with Crippen molar-refractivity contribution in [3.05, 3.63) is 23.3 Å². The molecule has 0 aliphatic carbocycles. The summed E-state index contributed by atoms with van der Waals surface area (Å²) in [7, 11) is 0. The number of rotatable bonds is 0. The van der Waals surface area contributed by atoms with E-state index in [1.165, 1.54) is 0 Å². The highest BCUT2D eigenvalue weighted by atomic mass is 16.7. The Morgan fingerprint density at radius 3 is 3.00 bits per heavy atom. The predicted octanol–water partition coefficient (Wildman–Crippen LogP) is 1.60. The van der Waals surface area contributed by atoms with Crippen LogP contribution < -0.4 is 9.47 Å². The van der Waals surface area contributed by atoms with Crippen LogP contribution in [0.4, 0.5) is 0 Å². The van der Waals surface area contributed by atoms with Gasteiger partial charge in [0, 0.05) is 0 Å². The number of aryl methyl sites for hydroxylation is 1. The van der Waals surface area contributed by atoms with Crippen molar-refractivity contribution >= 4 is 0 Å². The average Bonchev–Trinajstić information content (AvgIpc) is 2.50. The van der Waals surface area contributed by atoms with E-state index in [0.717, 1.165) is 5.56 Å². The molecule has 0 fully saturated rings. The average molecular weight is 161 g/mol. The van der Waals surface area contributed by atoms with Crippen molar-refractivity contribution in [2.45, 2.75) is 6.92 Å². The number of nitriles is 1. The molecule has 0 radical (unpaired) electrons. The van der Waals surface area contributed by atoms with E-state index in [0.29, 0.717) is 17.1 Å². The maximum atomic E-state index is 8.74. The SMILES string of the molecule is Cc1cc(C#N)c2c(c1)OCO2. The van der Waals surface area contributed by atoms with Gasteiger partial charge in [-0.15, -0.1) is 0 Å². The number of hydrogen-bond acceptors (Lipinski definition) is 3.